The van der Waals surface area contributed by atoms with E-state index in [1.54, 1.807) is 0 Å². The zero-order valence-electron chi connectivity index (χ0n) is 19.5. The molecule has 2 aromatic carbocycles. The highest BCUT2D eigenvalue weighted by molar-refractivity contribution is 7.98. The molecule has 0 saturated carbocycles. The molecule has 34 heavy (non-hydrogen) atoms. The van der Waals surface area contributed by atoms with E-state index in [4.69, 9.17) is 23.2 Å². The number of aryl methyl sites for hydroxylation is 1. The maximum atomic E-state index is 5.86. The summed E-state index contributed by atoms with van der Waals surface area (Å²) in [7, 11) is 0. The maximum Gasteiger partial charge on any atom is 0.277 e. The summed E-state index contributed by atoms with van der Waals surface area (Å²) in [4.78, 5) is 4.45. The lowest BCUT2D eigenvalue weighted by Gasteiger charge is -2.16. The first kappa shape index (κ1) is 23.6. The first-order valence-electron chi connectivity index (χ1n) is 11.0. The SMILES string of the molecule is CCOc1cc(-c2nnc(SCc3noc(-c4ccc(C)cc4)n3)o2)cc(OCC)c1OCC. The molecule has 9 nitrogen and oxygen atoms in total. The Bertz CT molecular complexity index is 1200. The third-order valence-corrected chi connectivity index (χ3v) is 5.47. The van der Waals surface area contributed by atoms with Gasteiger partial charge in [0.05, 0.1) is 25.6 Å². The van der Waals surface area contributed by atoms with Gasteiger partial charge < -0.3 is 23.2 Å². The highest BCUT2D eigenvalue weighted by Gasteiger charge is 2.19. The smallest absolute Gasteiger partial charge is 0.277 e. The number of rotatable bonds is 11. The molecule has 2 heterocycles. The van der Waals surface area contributed by atoms with E-state index in [1.165, 1.54) is 17.3 Å². The van der Waals surface area contributed by atoms with Gasteiger partial charge in [0.25, 0.3) is 11.1 Å². The van der Waals surface area contributed by atoms with Gasteiger partial charge in [-0.15, -0.1) is 10.2 Å². The first-order valence-corrected chi connectivity index (χ1v) is 12.0. The molecule has 4 aromatic rings. The molecule has 0 aliphatic rings. The molecule has 0 bridgehead atoms. The Morgan fingerprint density at radius 2 is 1.50 bits per heavy atom. The lowest BCUT2D eigenvalue weighted by Crippen LogP contribution is -2.03. The van der Waals surface area contributed by atoms with Crippen LogP contribution in [0.15, 0.2) is 50.6 Å². The van der Waals surface area contributed by atoms with Gasteiger partial charge in [-0.1, -0.05) is 34.6 Å². The molecule has 4 rings (SSSR count). The number of aromatic nitrogens is 4. The zero-order chi connectivity index (χ0) is 23.9. The van der Waals surface area contributed by atoms with Crippen LogP contribution in [0.4, 0.5) is 0 Å². The third-order valence-electron chi connectivity index (χ3n) is 4.65. The summed E-state index contributed by atoms with van der Waals surface area (Å²) >= 11 is 1.33. The quantitative estimate of drug-likeness (QED) is 0.251. The highest BCUT2D eigenvalue weighted by atomic mass is 32.2. The standard InChI is InChI=1S/C24H26N4O5S/c1-5-29-18-12-17(13-19(30-6-2)21(18)31-7-3)23-26-27-24(32-23)34-14-20-25-22(33-28-20)16-10-8-15(4)9-11-16/h8-13H,5-7,14H2,1-4H3. The molecule has 0 radical (unpaired) electrons. The maximum absolute atomic E-state index is 5.86. The Morgan fingerprint density at radius 3 is 2.15 bits per heavy atom. The fourth-order valence-corrected chi connectivity index (χ4v) is 3.76. The van der Waals surface area contributed by atoms with E-state index >= 15 is 0 Å². The van der Waals surface area contributed by atoms with Gasteiger partial charge in [-0.25, -0.2) is 0 Å². The normalized spacial score (nSPS) is 10.9. The van der Waals surface area contributed by atoms with Crippen LogP contribution in [-0.4, -0.2) is 40.2 Å². The number of benzene rings is 2. The van der Waals surface area contributed by atoms with E-state index < -0.39 is 0 Å². The number of hydrogen-bond acceptors (Lipinski definition) is 10. The molecule has 10 heteroatoms. The summed E-state index contributed by atoms with van der Waals surface area (Å²) in [5.41, 5.74) is 2.72. The second kappa shape index (κ2) is 11.1. The first-order chi connectivity index (χ1) is 16.6. The van der Waals surface area contributed by atoms with Crippen molar-refractivity contribution in [2.24, 2.45) is 0 Å². The fourth-order valence-electron chi connectivity index (χ4n) is 3.15. The van der Waals surface area contributed by atoms with Crippen molar-refractivity contribution in [3.05, 3.63) is 47.8 Å². The summed E-state index contributed by atoms with van der Waals surface area (Å²) in [5.74, 6) is 3.48. The summed E-state index contributed by atoms with van der Waals surface area (Å²) in [5, 5.41) is 12.8. The summed E-state index contributed by atoms with van der Waals surface area (Å²) < 4.78 is 28.5. The monoisotopic (exact) mass is 482 g/mol. The average Bonchev–Trinajstić information content (AvgIpc) is 3.50. The van der Waals surface area contributed by atoms with Crippen LogP contribution in [-0.2, 0) is 5.75 Å². The summed E-state index contributed by atoms with van der Waals surface area (Å²) in [6.07, 6.45) is 0. The fraction of sp³-hybridized carbons (Fsp3) is 0.333. The molecule has 0 N–H and O–H groups in total. The molecule has 0 fully saturated rings. The van der Waals surface area contributed by atoms with Gasteiger partial charge in [0.2, 0.25) is 11.6 Å². The minimum absolute atomic E-state index is 0.348. The van der Waals surface area contributed by atoms with Crippen molar-refractivity contribution in [2.45, 2.75) is 38.7 Å². The van der Waals surface area contributed by atoms with Crippen molar-refractivity contribution in [2.75, 3.05) is 19.8 Å². The minimum atomic E-state index is 0.348. The van der Waals surface area contributed by atoms with Crippen LogP contribution in [0.25, 0.3) is 22.9 Å². The number of ether oxygens (including phenoxy) is 3. The largest absolute Gasteiger partial charge is 0.490 e. The molecule has 0 aliphatic heterocycles. The Kier molecular flexibility index (Phi) is 7.69. The lowest BCUT2D eigenvalue weighted by atomic mass is 10.1. The van der Waals surface area contributed by atoms with Crippen LogP contribution in [0.3, 0.4) is 0 Å². The van der Waals surface area contributed by atoms with Crippen molar-refractivity contribution in [3.8, 4) is 40.2 Å². The second-order valence-electron chi connectivity index (χ2n) is 7.14. The minimum Gasteiger partial charge on any atom is -0.490 e. The Hall–Kier alpha value is -3.53. The predicted octanol–water partition coefficient (Wildman–Crippen LogP) is 5.58. The average molecular weight is 483 g/mol. The van der Waals surface area contributed by atoms with Crippen LogP contribution in [0.1, 0.15) is 32.2 Å². The van der Waals surface area contributed by atoms with E-state index in [-0.39, 0.29) is 0 Å². The molecule has 0 spiro atoms. The van der Waals surface area contributed by atoms with Gasteiger partial charge in [0.15, 0.2) is 17.3 Å². The van der Waals surface area contributed by atoms with Crippen molar-refractivity contribution in [1.29, 1.82) is 0 Å². The van der Waals surface area contributed by atoms with Crippen LogP contribution >= 0.6 is 11.8 Å². The van der Waals surface area contributed by atoms with Gasteiger partial charge >= 0.3 is 0 Å². The van der Waals surface area contributed by atoms with E-state index in [0.717, 1.165) is 5.56 Å². The van der Waals surface area contributed by atoms with E-state index in [2.05, 4.69) is 20.3 Å². The van der Waals surface area contributed by atoms with Crippen LogP contribution < -0.4 is 14.2 Å². The number of hydrogen-bond donors (Lipinski definition) is 0. The lowest BCUT2D eigenvalue weighted by molar-refractivity contribution is 0.261. The number of thioether (sulfide) groups is 1. The third kappa shape index (κ3) is 5.51. The molecule has 0 unspecified atom stereocenters. The Balaban J connectivity index is 1.49. The van der Waals surface area contributed by atoms with Gasteiger partial charge in [-0.3, -0.25) is 0 Å². The number of nitrogens with zero attached hydrogens (tertiary/aromatic N) is 4. The van der Waals surface area contributed by atoms with Gasteiger partial charge in [-0.05, 0) is 52.0 Å². The van der Waals surface area contributed by atoms with Gasteiger partial charge in [0.1, 0.15) is 0 Å². The van der Waals surface area contributed by atoms with E-state index in [9.17, 15) is 0 Å². The zero-order valence-corrected chi connectivity index (χ0v) is 20.3. The molecule has 2 aromatic heterocycles. The predicted molar refractivity (Wildman–Crippen MR) is 127 cm³/mol. The Labute approximate surface area is 201 Å². The molecular formula is C24H26N4O5S. The van der Waals surface area contributed by atoms with Crippen LogP contribution in [0.2, 0.25) is 0 Å². The van der Waals surface area contributed by atoms with Crippen LogP contribution in [0.5, 0.6) is 17.2 Å². The summed E-state index contributed by atoms with van der Waals surface area (Å²) in [6, 6.07) is 11.5. The van der Waals surface area contributed by atoms with E-state index in [0.29, 0.717) is 71.2 Å². The van der Waals surface area contributed by atoms with Gasteiger partial charge in [-0.2, -0.15) is 4.98 Å². The summed E-state index contributed by atoms with van der Waals surface area (Å²) in [6.45, 7) is 9.21. The molecule has 0 amide bonds. The van der Waals surface area contributed by atoms with E-state index in [1.807, 2.05) is 64.1 Å². The molecular weight excluding hydrogens is 456 g/mol. The highest BCUT2D eigenvalue weighted by Crippen LogP contribution is 2.42. The van der Waals surface area contributed by atoms with Crippen molar-refractivity contribution < 1.29 is 23.2 Å². The second-order valence-corrected chi connectivity index (χ2v) is 8.07. The van der Waals surface area contributed by atoms with Crippen LogP contribution in [0, 0.1) is 6.92 Å². The van der Waals surface area contributed by atoms with Crippen molar-refractivity contribution in [3.63, 3.8) is 0 Å². The molecule has 0 atom stereocenters. The topological polar surface area (TPSA) is 106 Å². The molecule has 0 saturated heterocycles. The van der Waals surface area contributed by atoms with Gasteiger partial charge in [0, 0.05) is 11.1 Å². The van der Waals surface area contributed by atoms with Crippen molar-refractivity contribution in [1.82, 2.24) is 20.3 Å². The molecule has 178 valence electrons. The van der Waals surface area contributed by atoms with Crippen molar-refractivity contribution >= 4 is 11.8 Å². The Morgan fingerprint density at radius 1 is 0.824 bits per heavy atom. The molecule has 0 aliphatic carbocycles.